The van der Waals surface area contributed by atoms with Crippen LogP contribution in [0.2, 0.25) is 0 Å². The number of hydrogen-bond donors (Lipinski definition) is 1. The van der Waals surface area contributed by atoms with E-state index in [1.165, 1.54) is 6.20 Å². The number of fused-ring (bicyclic) bond motifs is 1. The summed E-state index contributed by atoms with van der Waals surface area (Å²) in [6, 6.07) is 5.75. The molecule has 244 valence electrons. The molecule has 0 spiro atoms. The number of rotatable bonds is 28. The van der Waals surface area contributed by atoms with E-state index in [-0.39, 0.29) is 12.5 Å². The van der Waals surface area contributed by atoms with Crippen LogP contribution in [0.15, 0.2) is 24.4 Å². The molecule has 0 unspecified atom stereocenters. The highest BCUT2D eigenvalue weighted by Gasteiger charge is 2.10. The Morgan fingerprint density at radius 3 is 1.79 bits per heavy atom. The average molecular weight is 724 g/mol. The zero-order chi connectivity index (χ0) is 30.8. The lowest BCUT2D eigenvalue weighted by Gasteiger charge is -2.20. The minimum absolute atomic E-state index is 0.111. The molecule has 12 nitrogen and oxygen atoms in total. The van der Waals surface area contributed by atoms with Crippen molar-refractivity contribution in [1.82, 2.24) is 20.2 Å². The molecule has 1 heterocycles. The monoisotopic (exact) mass is 723 g/mol. The predicted octanol–water partition coefficient (Wildman–Crippen LogP) is 2.37. The molecule has 0 bridgehead atoms. The molecule has 1 amide bonds. The summed E-state index contributed by atoms with van der Waals surface area (Å²) in [5.74, 6) is -0.229. The Morgan fingerprint density at radius 2 is 1.28 bits per heavy atom. The number of carbonyl (C=O) groups excluding carboxylic acids is 1. The van der Waals surface area contributed by atoms with E-state index in [2.05, 4.69) is 49.7 Å². The molecule has 14 heteroatoms. The second-order valence-electron chi connectivity index (χ2n) is 9.05. The van der Waals surface area contributed by atoms with Crippen LogP contribution in [-0.4, -0.2) is 146 Å². The van der Waals surface area contributed by atoms with Crippen LogP contribution in [0.1, 0.15) is 17.4 Å². The van der Waals surface area contributed by atoms with E-state index in [0.717, 1.165) is 22.2 Å². The number of amides is 1. The van der Waals surface area contributed by atoms with Crippen molar-refractivity contribution in [2.45, 2.75) is 6.92 Å². The lowest BCUT2D eigenvalue weighted by Crippen LogP contribution is -2.37. The number of carbonyl (C=O) groups is 1. The molecule has 2 rings (SSSR count). The van der Waals surface area contributed by atoms with Gasteiger partial charge in [0.15, 0.2) is 0 Å². The fourth-order valence-corrected chi connectivity index (χ4v) is 4.08. The summed E-state index contributed by atoms with van der Waals surface area (Å²) >= 11 is 2.22. The molecular formula is C29H46FIN4O8. The van der Waals surface area contributed by atoms with E-state index in [0.29, 0.717) is 110 Å². The number of aromatic nitrogens is 2. The van der Waals surface area contributed by atoms with Gasteiger partial charge in [-0.2, -0.15) is 0 Å². The van der Waals surface area contributed by atoms with Crippen LogP contribution < -0.4 is 5.32 Å². The van der Waals surface area contributed by atoms with Crippen molar-refractivity contribution in [2.75, 3.05) is 125 Å². The molecule has 0 fully saturated rings. The maximum Gasteiger partial charge on any atom is 0.271 e. The van der Waals surface area contributed by atoms with Gasteiger partial charge in [-0.25, -0.2) is 9.37 Å². The van der Waals surface area contributed by atoms with Gasteiger partial charge in [0.25, 0.3) is 5.91 Å². The third kappa shape index (κ3) is 18.7. The largest absolute Gasteiger partial charge is 0.378 e. The highest BCUT2D eigenvalue weighted by molar-refractivity contribution is 14.1. The Balaban J connectivity index is 1.33. The van der Waals surface area contributed by atoms with Crippen LogP contribution in [0.5, 0.6) is 0 Å². The smallest absolute Gasteiger partial charge is 0.271 e. The van der Waals surface area contributed by atoms with E-state index < -0.39 is 6.67 Å². The molecule has 0 aliphatic carbocycles. The highest BCUT2D eigenvalue weighted by atomic mass is 127. The van der Waals surface area contributed by atoms with Gasteiger partial charge in [0.2, 0.25) is 0 Å². The molecule has 1 aromatic heterocycles. The number of nitrogens with zero attached hydrogens (tertiary/aromatic N) is 3. The Hall–Kier alpha value is -1.63. The second kappa shape index (κ2) is 25.7. The fraction of sp³-hybridized carbons (Fsp3) is 0.690. The van der Waals surface area contributed by atoms with Crippen LogP contribution in [0.4, 0.5) is 4.39 Å². The standard InChI is InChI=1S/C29H46FIN4O8/c1-2-35(7-6-32-29(36)28-24-33-27-23-25(31)3-4-26(27)34-28)8-10-38-12-14-40-16-18-42-20-22-43-21-19-41-17-15-39-13-11-37-9-5-30/h3-4,23-24H,2,5-22H2,1H3,(H,32,36)/i30-1. The van der Waals surface area contributed by atoms with Gasteiger partial charge in [-0.1, -0.05) is 6.92 Å². The number of ether oxygens (including phenoxy) is 7. The Labute approximate surface area is 267 Å². The van der Waals surface area contributed by atoms with Crippen LogP contribution in [0, 0.1) is 3.57 Å². The van der Waals surface area contributed by atoms with E-state index in [4.69, 9.17) is 33.2 Å². The third-order valence-corrected chi connectivity index (χ3v) is 6.57. The van der Waals surface area contributed by atoms with Crippen LogP contribution in [0.25, 0.3) is 11.0 Å². The summed E-state index contributed by atoms with van der Waals surface area (Å²) in [6.07, 6.45) is 1.51. The van der Waals surface area contributed by atoms with Gasteiger partial charge in [0.05, 0.1) is 110 Å². The molecule has 0 saturated heterocycles. The first kappa shape index (κ1) is 37.6. The topological polar surface area (TPSA) is 123 Å². The molecular weight excluding hydrogens is 677 g/mol. The maximum absolute atomic E-state index is 12.5. The first-order valence-corrected chi connectivity index (χ1v) is 15.7. The lowest BCUT2D eigenvalue weighted by molar-refractivity contribution is -0.0212. The van der Waals surface area contributed by atoms with Crippen LogP contribution in [0.3, 0.4) is 0 Å². The van der Waals surface area contributed by atoms with Gasteiger partial charge < -0.3 is 38.5 Å². The Kier molecular flexibility index (Phi) is 22.4. The first-order chi connectivity index (χ1) is 21.1. The molecule has 1 aromatic carbocycles. The van der Waals surface area contributed by atoms with E-state index >= 15 is 0 Å². The van der Waals surface area contributed by atoms with E-state index in [1.807, 2.05) is 18.2 Å². The van der Waals surface area contributed by atoms with Crippen molar-refractivity contribution in [3.63, 3.8) is 0 Å². The van der Waals surface area contributed by atoms with Crippen molar-refractivity contribution in [3.05, 3.63) is 33.7 Å². The quantitative estimate of drug-likeness (QED) is 0.103. The number of hydrogen-bond acceptors (Lipinski definition) is 11. The molecule has 43 heavy (non-hydrogen) atoms. The number of nitrogens with one attached hydrogen (secondary N) is 1. The molecule has 1 N–H and O–H groups in total. The van der Waals surface area contributed by atoms with Crippen molar-refractivity contribution < 1.29 is 42.3 Å². The maximum atomic E-state index is 12.5. The molecule has 0 atom stereocenters. The van der Waals surface area contributed by atoms with Crippen molar-refractivity contribution in [2.24, 2.45) is 0 Å². The summed E-state index contributed by atoms with van der Waals surface area (Å²) in [5, 5.41) is 2.92. The molecule has 0 aliphatic rings. The minimum Gasteiger partial charge on any atom is -0.378 e. The van der Waals surface area contributed by atoms with E-state index in [9.17, 15) is 9.18 Å². The summed E-state index contributed by atoms with van der Waals surface area (Å²) in [7, 11) is 0. The molecule has 0 aliphatic heterocycles. The van der Waals surface area contributed by atoms with Crippen molar-refractivity contribution in [3.8, 4) is 0 Å². The minimum atomic E-state index is -0.477. The second-order valence-corrected chi connectivity index (χ2v) is 10.3. The number of halogens is 2. The van der Waals surface area contributed by atoms with Gasteiger partial charge in [-0.3, -0.25) is 14.7 Å². The van der Waals surface area contributed by atoms with Crippen molar-refractivity contribution in [1.29, 1.82) is 0 Å². The number of alkyl halides is 1. The van der Waals surface area contributed by atoms with Gasteiger partial charge >= 0.3 is 0 Å². The zero-order valence-electron chi connectivity index (χ0n) is 25.1. The first-order valence-electron chi connectivity index (χ1n) is 14.7. The molecule has 0 saturated carbocycles. The molecule has 2 aromatic rings. The number of likely N-dealkylation sites (N-methyl/N-ethyl adjacent to an activating group) is 1. The highest BCUT2D eigenvalue weighted by Crippen LogP contribution is 2.13. The SMILES string of the molecule is CCN(CCNC(=O)c1cnc2cc(I)ccc2n1)CCOCCOCCOCCOCCOCCOCCOCC[18F]. The van der Waals surface area contributed by atoms with Crippen LogP contribution in [-0.2, 0) is 33.2 Å². The number of benzene rings is 1. The van der Waals surface area contributed by atoms with Gasteiger partial charge in [0.1, 0.15) is 12.4 Å². The molecule has 0 radical (unpaired) electrons. The Morgan fingerprint density at radius 1 is 0.767 bits per heavy atom. The zero-order valence-corrected chi connectivity index (χ0v) is 27.3. The average Bonchev–Trinajstić information content (AvgIpc) is 3.02. The summed E-state index contributed by atoms with van der Waals surface area (Å²) in [5.41, 5.74) is 1.79. The summed E-state index contributed by atoms with van der Waals surface area (Å²) in [4.78, 5) is 23.5. The van der Waals surface area contributed by atoms with E-state index in [1.54, 1.807) is 0 Å². The van der Waals surface area contributed by atoms with Gasteiger partial charge in [-0.05, 0) is 47.3 Å². The summed E-state index contributed by atoms with van der Waals surface area (Å²) < 4.78 is 50.7. The predicted molar refractivity (Wildman–Crippen MR) is 168 cm³/mol. The summed E-state index contributed by atoms with van der Waals surface area (Å²) in [6.45, 7) is 10.8. The third-order valence-electron chi connectivity index (χ3n) is 5.90. The lowest BCUT2D eigenvalue weighted by atomic mass is 10.3. The Bertz CT molecular complexity index is 997. The fourth-order valence-electron chi connectivity index (χ4n) is 3.61. The van der Waals surface area contributed by atoms with Crippen molar-refractivity contribution >= 4 is 39.5 Å². The van der Waals surface area contributed by atoms with Gasteiger partial charge in [-0.15, -0.1) is 0 Å². The van der Waals surface area contributed by atoms with Gasteiger partial charge in [0, 0.05) is 23.2 Å². The van der Waals surface area contributed by atoms with Crippen LogP contribution >= 0.6 is 22.6 Å². The normalized spacial score (nSPS) is 11.5.